The Morgan fingerprint density at radius 1 is 1.17 bits per heavy atom. The van der Waals surface area contributed by atoms with Crippen molar-refractivity contribution in [1.82, 2.24) is 10.3 Å². The average Bonchev–Trinajstić information content (AvgIpc) is 3.61. The number of nitrogens with zero attached hydrogens (tertiary/aromatic N) is 1. The van der Waals surface area contributed by atoms with Crippen LogP contribution in [0.2, 0.25) is 5.02 Å². The first-order chi connectivity index (χ1) is 19.8. The number of carbonyl (C=O) groups excluding carboxylic acids is 2. The van der Waals surface area contributed by atoms with E-state index >= 15 is 0 Å². The number of primary amides is 1. The van der Waals surface area contributed by atoms with Crippen LogP contribution < -0.4 is 20.5 Å². The zero-order valence-corrected chi connectivity index (χ0v) is 24.0. The second-order valence-corrected chi connectivity index (χ2v) is 11.6. The molecule has 4 rings (SSSR count). The van der Waals surface area contributed by atoms with E-state index in [1.54, 1.807) is 0 Å². The maximum Gasteiger partial charge on any atom is 0.405 e. The third-order valence-electron chi connectivity index (χ3n) is 6.25. The Hall–Kier alpha value is -3.93. The van der Waals surface area contributed by atoms with Gasteiger partial charge in [0, 0.05) is 22.7 Å². The van der Waals surface area contributed by atoms with Gasteiger partial charge >= 0.3 is 12.7 Å². The number of carbonyl (C=O) groups is 2. The zero-order chi connectivity index (χ0) is 30.6. The molecule has 0 aliphatic heterocycles. The van der Waals surface area contributed by atoms with Gasteiger partial charge in [-0.2, -0.15) is 8.78 Å². The van der Waals surface area contributed by atoms with Crippen LogP contribution in [0.4, 0.5) is 18.0 Å². The molecule has 1 aromatic heterocycles. The lowest BCUT2D eigenvalue weighted by Gasteiger charge is -2.24. The summed E-state index contributed by atoms with van der Waals surface area (Å²) in [4.78, 5) is 29.5. The van der Waals surface area contributed by atoms with Gasteiger partial charge in [0.15, 0.2) is 29.1 Å². The van der Waals surface area contributed by atoms with E-state index in [0.29, 0.717) is 12.5 Å². The minimum Gasteiger partial charge on any atom is -0.489 e. The molecule has 3 aromatic rings. The topological polar surface area (TPSA) is 126 Å². The lowest BCUT2D eigenvalue weighted by atomic mass is 9.88. The van der Waals surface area contributed by atoms with Gasteiger partial charge in [0.1, 0.15) is 5.82 Å². The predicted octanol–water partition coefficient (Wildman–Crippen LogP) is 7.03. The van der Waals surface area contributed by atoms with Crippen molar-refractivity contribution in [2.24, 2.45) is 17.1 Å². The van der Waals surface area contributed by atoms with Crippen molar-refractivity contribution >= 4 is 23.6 Å². The van der Waals surface area contributed by atoms with Crippen LogP contribution in [0.5, 0.6) is 11.5 Å². The molecule has 1 fully saturated rings. The molecular formula is C29H31ClF3N3O6. The number of hydrogen-bond donors (Lipinski definition) is 2. The summed E-state index contributed by atoms with van der Waals surface area (Å²) in [5, 5.41) is 2.79. The summed E-state index contributed by atoms with van der Waals surface area (Å²) in [5.41, 5.74) is 5.13. The summed E-state index contributed by atoms with van der Waals surface area (Å²) in [5.74, 6) is -1.34. The smallest absolute Gasteiger partial charge is 0.405 e. The molecule has 2 amide bonds. The van der Waals surface area contributed by atoms with Crippen molar-refractivity contribution in [2.45, 2.75) is 59.3 Å². The van der Waals surface area contributed by atoms with Crippen molar-refractivity contribution < 1.29 is 41.4 Å². The molecule has 1 aliphatic rings. The first-order valence-corrected chi connectivity index (χ1v) is 13.6. The molecule has 42 heavy (non-hydrogen) atoms. The molecule has 226 valence electrons. The highest BCUT2D eigenvalue weighted by Crippen LogP contribution is 2.39. The van der Waals surface area contributed by atoms with Crippen molar-refractivity contribution in [3.8, 4) is 23.0 Å². The molecule has 1 aliphatic carbocycles. The number of ether oxygens (including phenoxy) is 3. The number of nitrogens with two attached hydrogens (primary N) is 1. The Morgan fingerprint density at radius 3 is 2.52 bits per heavy atom. The molecule has 13 heteroatoms. The summed E-state index contributed by atoms with van der Waals surface area (Å²) in [6.07, 6.45) is -0.0550. The summed E-state index contributed by atoms with van der Waals surface area (Å²) in [6.45, 7) is 2.69. The second kappa shape index (κ2) is 12.9. The van der Waals surface area contributed by atoms with Gasteiger partial charge in [0.05, 0.1) is 6.61 Å². The van der Waals surface area contributed by atoms with Crippen LogP contribution in [0.15, 0.2) is 40.8 Å². The predicted molar refractivity (Wildman–Crippen MR) is 147 cm³/mol. The average molecular weight is 610 g/mol. The van der Waals surface area contributed by atoms with Crippen LogP contribution in [-0.2, 0) is 11.3 Å². The van der Waals surface area contributed by atoms with E-state index in [4.69, 9.17) is 31.2 Å². The number of aromatic nitrogens is 1. The highest BCUT2D eigenvalue weighted by atomic mass is 35.5. The molecule has 1 saturated carbocycles. The number of amides is 2. The number of benzene rings is 2. The first-order valence-electron chi connectivity index (χ1n) is 13.2. The molecule has 0 saturated heterocycles. The van der Waals surface area contributed by atoms with Crippen LogP contribution in [0.1, 0.15) is 67.9 Å². The third kappa shape index (κ3) is 8.54. The van der Waals surface area contributed by atoms with E-state index < -0.39 is 35.9 Å². The fourth-order valence-corrected chi connectivity index (χ4v) is 4.24. The molecule has 2 aromatic carbocycles. The van der Waals surface area contributed by atoms with Crippen molar-refractivity contribution in [1.29, 1.82) is 0 Å². The zero-order valence-electron chi connectivity index (χ0n) is 23.2. The molecule has 1 unspecified atom stereocenters. The van der Waals surface area contributed by atoms with E-state index in [2.05, 4.69) is 15.0 Å². The highest BCUT2D eigenvalue weighted by Gasteiger charge is 2.33. The van der Waals surface area contributed by atoms with Crippen LogP contribution in [0.3, 0.4) is 0 Å². The second-order valence-electron chi connectivity index (χ2n) is 11.1. The van der Waals surface area contributed by atoms with Crippen molar-refractivity contribution in [3.05, 3.63) is 64.3 Å². The van der Waals surface area contributed by atoms with Gasteiger partial charge in [-0.1, -0.05) is 38.4 Å². The Labute approximate surface area is 245 Å². The monoisotopic (exact) mass is 609 g/mol. The molecule has 0 bridgehead atoms. The molecule has 0 radical (unpaired) electrons. The summed E-state index contributed by atoms with van der Waals surface area (Å²) >= 11 is 5.81. The summed E-state index contributed by atoms with van der Waals surface area (Å²) in [6, 6.07) is 8.13. The number of rotatable bonds is 12. The SMILES string of the molecule is CC(C)(C)CC(OC(N)=O)c1oc(-c2ccc(OC(F)F)c(OCC3CC3)c2)nc1C(=O)NCc1ccc(Cl)cc1F. The van der Waals surface area contributed by atoms with Gasteiger partial charge in [-0.05, 0) is 60.9 Å². The number of nitrogens with one attached hydrogen (secondary N) is 1. The Morgan fingerprint density at radius 2 is 1.90 bits per heavy atom. The quantitative estimate of drug-likeness (QED) is 0.226. The number of oxazole rings is 1. The Kier molecular flexibility index (Phi) is 9.55. The van der Waals surface area contributed by atoms with Crippen LogP contribution in [0, 0.1) is 17.2 Å². The number of halogens is 4. The fraction of sp³-hybridized carbons (Fsp3) is 0.414. The van der Waals surface area contributed by atoms with Gasteiger partial charge < -0.3 is 29.7 Å². The van der Waals surface area contributed by atoms with Crippen LogP contribution in [0.25, 0.3) is 11.5 Å². The normalized spacial score (nSPS) is 14.0. The number of alkyl halides is 2. The lowest BCUT2D eigenvalue weighted by molar-refractivity contribution is -0.0515. The number of hydrogen-bond acceptors (Lipinski definition) is 7. The van der Waals surface area contributed by atoms with Gasteiger partial charge in [-0.25, -0.2) is 14.2 Å². The fourth-order valence-electron chi connectivity index (χ4n) is 4.08. The van der Waals surface area contributed by atoms with Gasteiger partial charge in [0.2, 0.25) is 5.89 Å². The Bertz CT molecular complexity index is 1440. The van der Waals surface area contributed by atoms with Gasteiger partial charge in [-0.3, -0.25) is 4.79 Å². The lowest BCUT2D eigenvalue weighted by Crippen LogP contribution is -2.27. The molecule has 9 nitrogen and oxygen atoms in total. The first kappa shape index (κ1) is 31.0. The van der Waals surface area contributed by atoms with Gasteiger partial charge in [-0.15, -0.1) is 0 Å². The molecular weight excluding hydrogens is 579 g/mol. The summed E-state index contributed by atoms with van der Waals surface area (Å²) < 4.78 is 62.0. The molecule has 0 spiro atoms. The van der Waals surface area contributed by atoms with Crippen LogP contribution >= 0.6 is 11.6 Å². The van der Waals surface area contributed by atoms with Crippen LogP contribution in [-0.4, -0.2) is 30.2 Å². The van der Waals surface area contributed by atoms with E-state index in [9.17, 15) is 22.8 Å². The largest absolute Gasteiger partial charge is 0.489 e. The molecule has 3 N–H and O–H groups in total. The molecule has 1 atom stereocenters. The van der Waals surface area contributed by atoms with E-state index in [1.165, 1.54) is 30.3 Å². The minimum absolute atomic E-state index is 0.0447. The Balaban J connectivity index is 1.72. The van der Waals surface area contributed by atoms with E-state index in [1.807, 2.05) is 20.8 Å². The van der Waals surface area contributed by atoms with Crippen molar-refractivity contribution in [2.75, 3.05) is 6.61 Å². The standard InChI is InChI=1S/C29H31ClF3N3O6/c1-29(2,3)12-22(41-28(34)38)24-23(25(37)35-13-17-6-8-18(30)11-19(17)31)36-26(42-24)16-7-9-20(40-27(32)33)21(10-16)39-14-15-4-5-15/h6-11,15,22,27H,4-5,12-14H2,1-3H3,(H2,34,38)(H,35,37). The van der Waals surface area contributed by atoms with E-state index in [0.717, 1.165) is 18.9 Å². The highest BCUT2D eigenvalue weighted by molar-refractivity contribution is 6.30. The van der Waals surface area contributed by atoms with E-state index in [-0.39, 0.29) is 58.0 Å². The summed E-state index contributed by atoms with van der Waals surface area (Å²) in [7, 11) is 0. The maximum atomic E-state index is 14.3. The minimum atomic E-state index is -3.07. The maximum absolute atomic E-state index is 14.3. The molecule has 1 heterocycles. The van der Waals surface area contributed by atoms with Gasteiger partial charge in [0.25, 0.3) is 5.91 Å². The van der Waals surface area contributed by atoms with Crippen molar-refractivity contribution in [3.63, 3.8) is 0 Å². The third-order valence-corrected chi connectivity index (χ3v) is 6.48.